The Bertz CT molecular complexity index is 556. The molecule has 2 rings (SSSR count). The molecular formula is C16H22N2O3. The van der Waals surface area contributed by atoms with Crippen molar-refractivity contribution in [2.75, 3.05) is 25.1 Å². The number of carbonyl (C=O) groups is 2. The molecule has 0 bridgehead atoms. The number of amides is 2. The number of anilines is 1. The number of rotatable bonds is 3. The second kappa shape index (κ2) is 6.16. The molecular weight excluding hydrogens is 268 g/mol. The molecule has 1 heterocycles. The Morgan fingerprint density at radius 2 is 2.10 bits per heavy atom. The first-order valence-corrected chi connectivity index (χ1v) is 7.25. The van der Waals surface area contributed by atoms with Gasteiger partial charge in [0.25, 0.3) is 0 Å². The van der Waals surface area contributed by atoms with E-state index in [1.165, 1.54) is 0 Å². The highest BCUT2D eigenvalue weighted by molar-refractivity contribution is 6.01. The number of hydrogen-bond donors (Lipinski definition) is 0. The van der Waals surface area contributed by atoms with Crippen molar-refractivity contribution in [3.8, 4) is 5.75 Å². The van der Waals surface area contributed by atoms with Crippen LogP contribution in [0.3, 0.4) is 0 Å². The van der Waals surface area contributed by atoms with Gasteiger partial charge in [0, 0.05) is 19.5 Å². The number of carbonyl (C=O) groups excluding carboxylic acids is 2. The van der Waals surface area contributed by atoms with Crippen molar-refractivity contribution in [1.82, 2.24) is 4.90 Å². The maximum absolute atomic E-state index is 12.6. The SMILES string of the molecule is CCC(=O)N1CCN(c2cc(C)ccc2OC)C(=O)[C@@H]1C. The van der Waals surface area contributed by atoms with E-state index >= 15 is 0 Å². The zero-order chi connectivity index (χ0) is 15.6. The fraction of sp³-hybridized carbons (Fsp3) is 0.500. The highest BCUT2D eigenvalue weighted by atomic mass is 16.5. The van der Waals surface area contributed by atoms with Gasteiger partial charge in [0.1, 0.15) is 11.8 Å². The Hall–Kier alpha value is -2.04. The van der Waals surface area contributed by atoms with Crippen molar-refractivity contribution in [3.63, 3.8) is 0 Å². The lowest BCUT2D eigenvalue weighted by atomic mass is 10.1. The van der Waals surface area contributed by atoms with Crippen LogP contribution in [0.25, 0.3) is 0 Å². The predicted octanol–water partition coefficient (Wildman–Crippen LogP) is 1.98. The van der Waals surface area contributed by atoms with Crippen LogP contribution in [-0.2, 0) is 9.59 Å². The van der Waals surface area contributed by atoms with Gasteiger partial charge in [0.05, 0.1) is 12.8 Å². The largest absolute Gasteiger partial charge is 0.495 e. The molecule has 1 fully saturated rings. The zero-order valence-electron chi connectivity index (χ0n) is 13.0. The molecule has 5 heteroatoms. The molecule has 1 aliphatic heterocycles. The van der Waals surface area contributed by atoms with Gasteiger partial charge in [-0.3, -0.25) is 9.59 Å². The molecule has 21 heavy (non-hydrogen) atoms. The smallest absolute Gasteiger partial charge is 0.249 e. The maximum Gasteiger partial charge on any atom is 0.249 e. The number of benzene rings is 1. The summed E-state index contributed by atoms with van der Waals surface area (Å²) < 4.78 is 5.36. The predicted molar refractivity (Wildman–Crippen MR) is 81.6 cm³/mol. The van der Waals surface area contributed by atoms with Gasteiger partial charge in [-0.1, -0.05) is 13.0 Å². The van der Waals surface area contributed by atoms with E-state index in [0.717, 1.165) is 11.3 Å². The molecule has 2 amide bonds. The van der Waals surface area contributed by atoms with Gasteiger partial charge < -0.3 is 14.5 Å². The van der Waals surface area contributed by atoms with Crippen LogP contribution >= 0.6 is 0 Å². The normalized spacial score (nSPS) is 18.9. The van der Waals surface area contributed by atoms with E-state index in [4.69, 9.17) is 4.74 Å². The van der Waals surface area contributed by atoms with E-state index < -0.39 is 6.04 Å². The first kappa shape index (κ1) is 15.4. The van der Waals surface area contributed by atoms with Crippen LogP contribution < -0.4 is 9.64 Å². The molecule has 0 unspecified atom stereocenters. The summed E-state index contributed by atoms with van der Waals surface area (Å²) in [4.78, 5) is 27.9. The number of nitrogens with zero attached hydrogens (tertiary/aromatic N) is 2. The first-order valence-electron chi connectivity index (χ1n) is 7.25. The third-order valence-electron chi connectivity index (χ3n) is 3.90. The summed E-state index contributed by atoms with van der Waals surface area (Å²) in [5, 5.41) is 0. The van der Waals surface area contributed by atoms with E-state index in [2.05, 4.69) is 0 Å². The highest BCUT2D eigenvalue weighted by Gasteiger charge is 2.35. The minimum atomic E-state index is -0.434. The molecule has 0 N–H and O–H groups in total. The van der Waals surface area contributed by atoms with E-state index in [0.29, 0.717) is 25.3 Å². The van der Waals surface area contributed by atoms with Gasteiger partial charge in [0.15, 0.2) is 0 Å². The third kappa shape index (κ3) is 2.86. The van der Waals surface area contributed by atoms with Gasteiger partial charge >= 0.3 is 0 Å². The number of aryl methyl sites for hydroxylation is 1. The van der Waals surface area contributed by atoms with Crippen molar-refractivity contribution in [2.24, 2.45) is 0 Å². The van der Waals surface area contributed by atoms with Gasteiger partial charge in [-0.2, -0.15) is 0 Å². The lowest BCUT2D eigenvalue weighted by molar-refractivity contribution is -0.140. The Morgan fingerprint density at radius 3 is 2.71 bits per heavy atom. The third-order valence-corrected chi connectivity index (χ3v) is 3.90. The zero-order valence-corrected chi connectivity index (χ0v) is 13.0. The fourth-order valence-corrected chi connectivity index (χ4v) is 2.66. The monoisotopic (exact) mass is 290 g/mol. The van der Waals surface area contributed by atoms with Crippen LogP contribution in [0.2, 0.25) is 0 Å². The van der Waals surface area contributed by atoms with Crippen molar-refractivity contribution < 1.29 is 14.3 Å². The molecule has 0 aliphatic carbocycles. The second-order valence-corrected chi connectivity index (χ2v) is 5.28. The number of ether oxygens (including phenoxy) is 1. The summed E-state index contributed by atoms with van der Waals surface area (Å²) in [5.41, 5.74) is 1.84. The standard InChI is InChI=1S/C16H22N2O3/c1-5-15(19)17-8-9-18(16(20)12(17)3)13-10-11(2)6-7-14(13)21-4/h6-7,10,12H,5,8-9H2,1-4H3/t12-/m0/s1. The van der Waals surface area contributed by atoms with E-state index in [-0.39, 0.29) is 11.8 Å². The first-order chi connectivity index (χ1) is 9.99. The summed E-state index contributed by atoms with van der Waals surface area (Å²) in [5.74, 6) is 0.634. The molecule has 114 valence electrons. The second-order valence-electron chi connectivity index (χ2n) is 5.28. The van der Waals surface area contributed by atoms with Crippen LogP contribution in [0.4, 0.5) is 5.69 Å². The molecule has 1 aromatic carbocycles. The van der Waals surface area contributed by atoms with Crippen molar-refractivity contribution >= 4 is 17.5 Å². The summed E-state index contributed by atoms with van der Waals surface area (Å²) in [6.45, 7) is 6.62. The van der Waals surface area contributed by atoms with Gasteiger partial charge in [-0.05, 0) is 31.5 Å². The summed E-state index contributed by atoms with van der Waals surface area (Å²) in [7, 11) is 1.60. The van der Waals surface area contributed by atoms with Crippen molar-refractivity contribution in [3.05, 3.63) is 23.8 Å². The molecule has 0 radical (unpaired) electrons. The van der Waals surface area contributed by atoms with Crippen LogP contribution in [-0.4, -0.2) is 43.0 Å². The van der Waals surface area contributed by atoms with Gasteiger partial charge in [0.2, 0.25) is 11.8 Å². The molecule has 0 saturated carbocycles. The molecule has 1 aromatic rings. The molecule has 1 aliphatic rings. The molecule has 5 nitrogen and oxygen atoms in total. The van der Waals surface area contributed by atoms with Crippen LogP contribution in [0.1, 0.15) is 25.8 Å². The van der Waals surface area contributed by atoms with Gasteiger partial charge in [-0.15, -0.1) is 0 Å². The quantitative estimate of drug-likeness (QED) is 0.855. The summed E-state index contributed by atoms with van der Waals surface area (Å²) >= 11 is 0. The number of hydrogen-bond acceptors (Lipinski definition) is 3. The molecule has 1 atom stereocenters. The molecule has 0 spiro atoms. The van der Waals surface area contributed by atoms with E-state index in [1.807, 2.05) is 32.0 Å². The van der Waals surface area contributed by atoms with E-state index in [1.54, 1.807) is 23.8 Å². The summed E-state index contributed by atoms with van der Waals surface area (Å²) in [6.07, 6.45) is 0.422. The molecule has 0 aromatic heterocycles. The van der Waals surface area contributed by atoms with E-state index in [9.17, 15) is 9.59 Å². The Kier molecular flexibility index (Phi) is 4.50. The van der Waals surface area contributed by atoms with Crippen LogP contribution in [0.15, 0.2) is 18.2 Å². The minimum absolute atomic E-state index is 0.0201. The van der Waals surface area contributed by atoms with Crippen molar-refractivity contribution in [2.45, 2.75) is 33.2 Å². The van der Waals surface area contributed by atoms with Crippen molar-refractivity contribution in [1.29, 1.82) is 0 Å². The number of piperazine rings is 1. The number of methoxy groups -OCH3 is 1. The lowest BCUT2D eigenvalue weighted by Gasteiger charge is -2.39. The fourth-order valence-electron chi connectivity index (χ4n) is 2.66. The minimum Gasteiger partial charge on any atom is -0.495 e. The van der Waals surface area contributed by atoms with Gasteiger partial charge in [-0.25, -0.2) is 0 Å². The topological polar surface area (TPSA) is 49.9 Å². The Morgan fingerprint density at radius 1 is 1.38 bits per heavy atom. The van der Waals surface area contributed by atoms with Crippen LogP contribution in [0.5, 0.6) is 5.75 Å². The Labute approximate surface area is 125 Å². The maximum atomic E-state index is 12.6. The highest BCUT2D eigenvalue weighted by Crippen LogP contribution is 2.31. The Balaban J connectivity index is 2.30. The van der Waals surface area contributed by atoms with Crippen LogP contribution in [0, 0.1) is 6.92 Å². The average molecular weight is 290 g/mol. The average Bonchev–Trinajstić information content (AvgIpc) is 2.49. The lowest BCUT2D eigenvalue weighted by Crippen LogP contribution is -2.57. The molecule has 1 saturated heterocycles. The summed E-state index contributed by atoms with van der Waals surface area (Å²) in [6, 6.07) is 5.33.